The summed E-state index contributed by atoms with van der Waals surface area (Å²) in [5.74, 6) is -2.17. The van der Waals surface area contributed by atoms with E-state index in [2.05, 4.69) is 15.5 Å². The molecule has 4 heterocycles. The zero-order chi connectivity index (χ0) is 23.8. The van der Waals surface area contributed by atoms with E-state index in [0.717, 1.165) is 24.4 Å². The number of carbonyl (C=O) groups excluding carboxylic acids is 3. The molecule has 0 aliphatic carbocycles. The average Bonchev–Trinajstić information content (AvgIpc) is 3.21. The predicted octanol–water partition coefficient (Wildman–Crippen LogP) is -2.04. The number of quaternary nitrogens is 1. The van der Waals surface area contributed by atoms with Crippen LogP contribution >= 0.6 is 23.1 Å². The van der Waals surface area contributed by atoms with Crippen LogP contribution in [0.5, 0.6) is 0 Å². The van der Waals surface area contributed by atoms with Gasteiger partial charge in [-0.05, 0) is 0 Å². The van der Waals surface area contributed by atoms with Crippen molar-refractivity contribution in [1.82, 2.24) is 15.2 Å². The molecule has 1 unspecified atom stereocenters. The van der Waals surface area contributed by atoms with Gasteiger partial charge in [0.05, 0.1) is 31.9 Å². The number of rotatable bonds is 7. The maximum atomic E-state index is 12.9. The van der Waals surface area contributed by atoms with Crippen molar-refractivity contribution in [2.45, 2.75) is 11.4 Å². The summed E-state index contributed by atoms with van der Waals surface area (Å²) in [4.78, 5) is 47.7. The number of hydrogen-bond acceptors (Lipinski definition) is 11. The molecule has 3 aliphatic rings. The minimum absolute atomic E-state index is 0.0989. The van der Waals surface area contributed by atoms with Crippen LogP contribution in [0, 0.1) is 0 Å². The van der Waals surface area contributed by atoms with Crippen LogP contribution in [0.25, 0.3) is 0 Å². The summed E-state index contributed by atoms with van der Waals surface area (Å²) in [6.45, 7) is 3.21. The number of thiazole rings is 1. The fourth-order valence-corrected chi connectivity index (χ4v) is 5.98. The number of oxime groups is 1. The van der Waals surface area contributed by atoms with E-state index in [4.69, 9.17) is 15.3 Å². The second kappa shape index (κ2) is 9.29. The second-order valence-corrected chi connectivity index (χ2v) is 10.1. The Kier molecular flexibility index (Phi) is 6.61. The number of aliphatic carboxylic acids is 1. The van der Waals surface area contributed by atoms with E-state index in [1.165, 1.54) is 23.8 Å². The van der Waals surface area contributed by atoms with Crippen LogP contribution in [-0.2, 0) is 24.0 Å². The van der Waals surface area contributed by atoms with Gasteiger partial charge in [0.2, 0.25) is 0 Å². The number of thioether (sulfide) groups is 1. The topological polar surface area (TPSA) is 159 Å². The number of nitrogens with one attached hydrogen (secondary N) is 1. The summed E-state index contributed by atoms with van der Waals surface area (Å²) in [6.07, 6.45) is 0. The Morgan fingerprint density at radius 1 is 1.45 bits per heavy atom. The Morgan fingerprint density at radius 3 is 2.79 bits per heavy atom. The first-order valence-corrected chi connectivity index (χ1v) is 12.1. The van der Waals surface area contributed by atoms with E-state index >= 15 is 0 Å². The summed E-state index contributed by atoms with van der Waals surface area (Å²) in [5, 5.41) is 19.6. The first kappa shape index (κ1) is 23.5. The molecule has 2 saturated heterocycles. The molecule has 3 N–H and O–H groups in total. The van der Waals surface area contributed by atoms with Crippen LogP contribution in [0.4, 0.5) is 5.13 Å². The molecule has 0 spiro atoms. The number of fused-ring (bicyclic) bond motifs is 1. The summed E-state index contributed by atoms with van der Waals surface area (Å²) in [7, 11) is 3.33. The SMILES string of the molecule is CO/N=C(\C(=O)NC1C(=O)N2C(C(=O)[O-])=C(C[N+]3(C)CCOCC3)CS[C@@H]12)c1csc(N)n1. The monoisotopic (exact) mass is 496 g/mol. The number of carboxylic acids is 1. The van der Waals surface area contributed by atoms with Crippen molar-refractivity contribution < 1.29 is 33.5 Å². The van der Waals surface area contributed by atoms with Crippen molar-refractivity contribution in [3.8, 4) is 0 Å². The zero-order valence-corrected chi connectivity index (χ0v) is 19.7. The standard InChI is InChI=1S/C19H24N6O6S2/c1-25(3-5-31-6-4-25)7-10-8-32-17-13(16(27)24(17)14(10)18(28)29)22-15(26)12(23-30-2)11-9-33-19(20)21-11/h9,13,17H,3-8H2,1-2H3,(H3-,20,21,22,26,28,29)/b23-12-/t13?,17-/m0/s1. The van der Waals surface area contributed by atoms with Crippen LogP contribution in [0.2, 0.25) is 0 Å². The van der Waals surface area contributed by atoms with Crippen LogP contribution < -0.4 is 16.2 Å². The molecule has 2 atom stereocenters. The minimum atomic E-state index is -1.40. The van der Waals surface area contributed by atoms with Crippen molar-refractivity contribution in [1.29, 1.82) is 0 Å². The van der Waals surface area contributed by atoms with Gasteiger partial charge in [-0.15, -0.1) is 23.1 Å². The number of nitrogen functional groups attached to an aromatic ring is 1. The van der Waals surface area contributed by atoms with Gasteiger partial charge in [0.15, 0.2) is 10.8 Å². The van der Waals surface area contributed by atoms with E-state index in [0.29, 0.717) is 35.6 Å². The molecule has 14 heteroatoms. The summed E-state index contributed by atoms with van der Waals surface area (Å²) in [6, 6.07) is -0.912. The lowest BCUT2D eigenvalue weighted by Gasteiger charge is -2.51. The molecule has 0 saturated carbocycles. The second-order valence-electron chi connectivity index (χ2n) is 8.13. The van der Waals surface area contributed by atoms with Gasteiger partial charge >= 0.3 is 0 Å². The molecule has 4 rings (SSSR count). The first-order valence-electron chi connectivity index (χ1n) is 10.2. The summed E-state index contributed by atoms with van der Waals surface area (Å²) >= 11 is 2.54. The molecular weight excluding hydrogens is 472 g/mol. The number of carbonyl (C=O) groups is 3. The van der Waals surface area contributed by atoms with E-state index in [9.17, 15) is 19.5 Å². The Hall–Kier alpha value is -2.68. The van der Waals surface area contributed by atoms with Crippen molar-refractivity contribution in [2.75, 3.05) is 58.5 Å². The molecule has 3 aliphatic heterocycles. The normalized spacial score (nSPS) is 24.7. The maximum absolute atomic E-state index is 12.9. The quantitative estimate of drug-likeness (QED) is 0.188. The van der Waals surface area contributed by atoms with Crippen LogP contribution in [-0.4, -0.2) is 102 Å². The number of hydrogen-bond donors (Lipinski definition) is 2. The Balaban J connectivity index is 1.51. The molecule has 2 fully saturated rings. The van der Waals surface area contributed by atoms with Crippen molar-refractivity contribution in [3.05, 3.63) is 22.3 Å². The van der Waals surface area contributed by atoms with Gasteiger partial charge < -0.3 is 35.0 Å². The van der Waals surface area contributed by atoms with Gasteiger partial charge in [-0.25, -0.2) is 4.98 Å². The van der Waals surface area contributed by atoms with Crippen molar-refractivity contribution in [3.63, 3.8) is 0 Å². The average molecular weight is 497 g/mol. The van der Waals surface area contributed by atoms with E-state index < -0.39 is 29.2 Å². The molecule has 1 aromatic rings. The Bertz CT molecular complexity index is 1030. The molecule has 1 aromatic heterocycles. The third-order valence-corrected chi connectivity index (χ3v) is 7.83. The van der Waals surface area contributed by atoms with Crippen molar-refractivity contribution >= 4 is 51.7 Å². The Labute approximate surface area is 198 Å². The molecule has 0 radical (unpaired) electrons. The number of carboxylic acid groups (broad SMARTS) is 1. The number of β-lactam (4-membered cyclic amide) rings is 1. The zero-order valence-electron chi connectivity index (χ0n) is 18.1. The van der Waals surface area contributed by atoms with Gasteiger partial charge in [0, 0.05) is 16.7 Å². The lowest BCUT2D eigenvalue weighted by molar-refractivity contribution is -0.912. The lowest BCUT2D eigenvalue weighted by atomic mass is 10.0. The van der Waals surface area contributed by atoms with Gasteiger partial charge in [-0.2, -0.15) is 0 Å². The van der Waals surface area contributed by atoms with Crippen molar-refractivity contribution in [2.24, 2.45) is 5.16 Å². The van der Waals surface area contributed by atoms with E-state index in [1.807, 2.05) is 7.05 Å². The number of amides is 2. The number of ether oxygens (including phenoxy) is 1. The Morgan fingerprint density at radius 2 is 2.18 bits per heavy atom. The minimum Gasteiger partial charge on any atom is -0.543 e. The third kappa shape index (κ3) is 4.55. The smallest absolute Gasteiger partial charge is 0.276 e. The summed E-state index contributed by atoms with van der Waals surface area (Å²) < 4.78 is 6.05. The van der Waals surface area contributed by atoms with Gasteiger partial charge in [0.1, 0.15) is 43.9 Å². The predicted molar refractivity (Wildman–Crippen MR) is 119 cm³/mol. The molecule has 33 heavy (non-hydrogen) atoms. The van der Waals surface area contributed by atoms with Gasteiger partial charge in [-0.1, -0.05) is 5.16 Å². The fourth-order valence-electron chi connectivity index (χ4n) is 4.10. The number of likely N-dealkylation sites (N-methyl/N-ethyl adjacent to an activating group) is 1. The van der Waals surface area contributed by atoms with E-state index in [-0.39, 0.29) is 22.2 Å². The van der Waals surface area contributed by atoms with Gasteiger partial charge in [0.25, 0.3) is 11.8 Å². The molecule has 0 aromatic carbocycles. The lowest BCUT2D eigenvalue weighted by Crippen LogP contribution is -2.72. The number of morpholine rings is 1. The summed E-state index contributed by atoms with van der Waals surface area (Å²) in [5.41, 5.74) is 6.28. The molecule has 2 amide bonds. The molecule has 0 bridgehead atoms. The van der Waals surface area contributed by atoms with E-state index in [1.54, 1.807) is 5.38 Å². The van der Waals surface area contributed by atoms with Crippen LogP contribution in [0.15, 0.2) is 21.8 Å². The van der Waals surface area contributed by atoms with Crippen LogP contribution in [0.1, 0.15) is 5.69 Å². The number of nitrogens with zero attached hydrogens (tertiary/aromatic N) is 4. The fraction of sp³-hybridized carbons (Fsp3) is 0.526. The van der Waals surface area contributed by atoms with Gasteiger partial charge in [-0.3, -0.25) is 14.5 Å². The largest absolute Gasteiger partial charge is 0.543 e. The number of nitrogens with two attached hydrogens (primary N) is 1. The molecule has 178 valence electrons. The maximum Gasteiger partial charge on any atom is 0.276 e. The highest BCUT2D eigenvalue weighted by molar-refractivity contribution is 8.00. The highest BCUT2D eigenvalue weighted by Gasteiger charge is 2.53. The first-order chi connectivity index (χ1) is 15.7. The number of anilines is 1. The van der Waals surface area contributed by atoms with Crippen LogP contribution in [0.3, 0.4) is 0 Å². The molecular formula is C19H24N6O6S2. The highest BCUT2D eigenvalue weighted by atomic mass is 32.2. The highest BCUT2D eigenvalue weighted by Crippen LogP contribution is 2.40. The third-order valence-electron chi connectivity index (χ3n) is 5.81. The molecule has 12 nitrogen and oxygen atoms in total. The number of aromatic nitrogens is 1.